The molecule has 10 atom stereocenters. The van der Waals surface area contributed by atoms with Crippen molar-refractivity contribution in [2.45, 2.75) is 104 Å². The Morgan fingerprint density at radius 3 is 2.61 bits per heavy atom. The second-order valence-electron chi connectivity index (χ2n) is 12.4. The summed E-state index contributed by atoms with van der Waals surface area (Å²) in [6.45, 7) is 11.8. The summed E-state index contributed by atoms with van der Waals surface area (Å²) in [7, 11) is 0. The van der Waals surface area contributed by atoms with Crippen molar-refractivity contribution < 1.29 is 14.6 Å². The van der Waals surface area contributed by atoms with Crippen LogP contribution >= 0.6 is 0 Å². The van der Waals surface area contributed by atoms with Crippen LogP contribution in [0.15, 0.2) is 0 Å². The van der Waals surface area contributed by atoms with E-state index in [0.717, 1.165) is 63.1 Å². The Bertz CT molecular complexity index is 696. The molecular formula is C27H45NO3. The predicted molar refractivity (Wildman–Crippen MR) is 123 cm³/mol. The Morgan fingerprint density at radius 2 is 1.87 bits per heavy atom. The summed E-state index contributed by atoms with van der Waals surface area (Å²) >= 11 is 0. The number of hydrogen-bond acceptors (Lipinski definition) is 4. The van der Waals surface area contributed by atoms with Gasteiger partial charge in [-0.15, -0.1) is 0 Å². The van der Waals surface area contributed by atoms with Crippen molar-refractivity contribution in [1.29, 1.82) is 0 Å². The summed E-state index contributed by atoms with van der Waals surface area (Å²) in [5.41, 5.74) is 0.574. The topological polar surface area (TPSA) is 49.8 Å². The third-order valence-electron chi connectivity index (χ3n) is 11.3. The Kier molecular flexibility index (Phi) is 5.84. The van der Waals surface area contributed by atoms with E-state index in [-0.39, 0.29) is 11.5 Å². The summed E-state index contributed by atoms with van der Waals surface area (Å²) in [5, 5.41) is 11.2. The Hall–Kier alpha value is -0.450. The summed E-state index contributed by atoms with van der Waals surface area (Å²) < 4.78 is 5.94. The van der Waals surface area contributed by atoms with Gasteiger partial charge in [0, 0.05) is 25.0 Å². The maximum atomic E-state index is 12.4. The number of nitrogens with zero attached hydrogens (tertiary/aromatic N) is 1. The maximum absolute atomic E-state index is 12.4. The molecule has 0 aromatic rings. The van der Waals surface area contributed by atoms with Crippen LogP contribution in [-0.2, 0) is 9.53 Å². The number of hydrogen-bond donors (Lipinski definition) is 1. The van der Waals surface area contributed by atoms with E-state index in [0.29, 0.717) is 35.2 Å². The number of ether oxygens (including phenoxy) is 1. The first kappa shape index (κ1) is 22.3. The number of rotatable bonds is 3. The van der Waals surface area contributed by atoms with Crippen molar-refractivity contribution in [3.63, 3.8) is 0 Å². The molecule has 31 heavy (non-hydrogen) atoms. The average molecular weight is 432 g/mol. The van der Waals surface area contributed by atoms with Crippen LogP contribution in [0.1, 0.15) is 85.5 Å². The molecular weight excluding hydrogens is 386 g/mol. The van der Waals surface area contributed by atoms with Gasteiger partial charge in [-0.1, -0.05) is 20.8 Å². The first-order valence-corrected chi connectivity index (χ1v) is 13.3. The van der Waals surface area contributed by atoms with Gasteiger partial charge in [0.2, 0.25) is 0 Å². The molecule has 1 aliphatic heterocycles. The molecule has 176 valence electrons. The van der Waals surface area contributed by atoms with Crippen molar-refractivity contribution in [2.24, 2.45) is 40.4 Å². The molecule has 4 saturated carbocycles. The van der Waals surface area contributed by atoms with Crippen LogP contribution in [0.3, 0.4) is 0 Å². The zero-order valence-electron chi connectivity index (χ0n) is 20.3. The van der Waals surface area contributed by atoms with Crippen LogP contribution in [0.25, 0.3) is 0 Å². The van der Waals surface area contributed by atoms with Gasteiger partial charge in [0.05, 0.1) is 18.8 Å². The van der Waals surface area contributed by atoms with Crippen molar-refractivity contribution in [3.8, 4) is 0 Å². The molecule has 4 aliphatic carbocycles. The number of fused-ring (bicyclic) bond motifs is 5. The highest BCUT2D eigenvalue weighted by Gasteiger charge is 2.62. The van der Waals surface area contributed by atoms with E-state index in [9.17, 15) is 9.90 Å². The Balaban J connectivity index is 1.38. The van der Waals surface area contributed by atoms with Crippen LogP contribution in [0.2, 0.25) is 0 Å². The Morgan fingerprint density at radius 1 is 1.10 bits per heavy atom. The molecule has 1 N–H and O–H groups in total. The molecule has 5 fully saturated rings. The fraction of sp³-hybridized carbons (Fsp3) is 0.963. The highest BCUT2D eigenvalue weighted by molar-refractivity contribution is 5.79. The third kappa shape index (κ3) is 3.46. The molecule has 0 amide bonds. The van der Waals surface area contributed by atoms with E-state index in [1.807, 2.05) is 6.92 Å². The normalized spacial score (nSPS) is 52.8. The van der Waals surface area contributed by atoms with Gasteiger partial charge in [0.25, 0.3) is 0 Å². The van der Waals surface area contributed by atoms with Crippen molar-refractivity contribution in [1.82, 2.24) is 4.90 Å². The van der Waals surface area contributed by atoms with E-state index in [1.165, 1.54) is 32.1 Å². The summed E-state index contributed by atoms with van der Waals surface area (Å²) in [5.74, 6) is 3.68. The van der Waals surface area contributed by atoms with E-state index < -0.39 is 0 Å². The number of morpholine rings is 1. The lowest BCUT2D eigenvalue weighted by molar-refractivity contribution is -0.161. The molecule has 4 nitrogen and oxygen atoms in total. The number of carbonyl (C=O) groups is 1. The molecule has 0 spiro atoms. The summed E-state index contributed by atoms with van der Waals surface area (Å²) in [6.07, 6.45) is 10.8. The van der Waals surface area contributed by atoms with Crippen LogP contribution < -0.4 is 0 Å². The van der Waals surface area contributed by atoms with Gasteiger partial charge in [-0.25, -0.2) is 0 Å². The van der Waals surface area contributed by atoms with E-state index in [4.69, 9.17) is 4.74 Å². The molecule has 5 aliphatic rings. The lowest BCUT2D eigenvalue weighted by Crippen LogP contribution is -2.61. The van der Waals surface area contributed by atoms with Crippen molar-refractivity contribution >= 4 is 5.78 Å². The number of Topliss-reactive ketones (excluding diaryl/α,β-unsaturated/α-hetero) is 1. The van der Waals surface area contributed by atoms with Gasteiger partial charge in [-0.05, 0) is 99.2 Å². The number of carbonyl (C=O) groups excluding carboxylic acids is 1. The molecule has 0 aromatic carbocycles. The lowest BCUT2D eigenvalue weighted by Gasteiger charge is -2.62. The zero-order valence-corrected chi connectivity index (χ0v) is 20.3. The second-order valence-corrected chi connectivity index (χ2v) is 12.4. The standard InChI is InChI=1S/C27H45NO3/c1-5-19-16-28(12-13-31-19)24-15-27(4)18(14-25(24)30)6-7-20-22-9-8-21(17(2)29)26(22,3)11-10-23(20)27/h18-25,30H,5-16H2,1-4H3/t18-,19+,20-,21+,22-,23-,24-,25-,26+,27-/m0/s1. The van der Waals surface area contributed by atoms with Gasteiger partial charge in [0.15, 0.2) is 0 Å². The van der Waals surface area contributed by atoms with Gasteiger partial charge in [-0.2, -0.15) is 0 Å². The monoisotopic (exact) mass is 431 g/mol. The van der Waals surface area contributed by atoms with Crippen molar-refractivity contribution in [3.05, 3.63) is 0 Å². The fourth-order valence-corrected chi connectivity index (χ4v) is 9.61. The second kappa shape index (κ2) is 8.09. The highest BCUT2D eigenvalue weighted by atomic mass is 16.5. The number of ketones is 1. The first-order valence-electron chi connectivity index (χ1n) is 13.3. The van der Waals surface area contributed by atoms with Crippen LogP contribution in [0, 0.1) is 40.4 Å². The molecule has 0 bridgehead atoms. The minimum atomic E-state index is -0.187. The lowest BCUT2D eigenvalue weighted by atomic mass is 9.44. The molecule has 1 heterocycles. The molecule has 1 saturated heterocycles. The van der Waals surface area contributed by atoms with E-state index in [1.54, 1.807) is 0 Å². The molecule has 5 rings (SSSR count). The maximum Gasteiger partial charge on any atom is 0.133 e. The quantitative estimate of drug-likeness (QED) is 0.705. The molecule has 4 heteroatoms. The summed E-state index contributed by atoms with van der Waals surface area (Å²) in [6, 6.07) is 0.291. The number of aliphatic hydroxyl groups is 1. The highest BCUT2D eigenvalue weighted by Crippen LogP contribution is 2.67. The van der Waals surface area contributed by atoms with Gasteiger partial charge >= 0.3 is 0 Å². The molecule has 0 aromatic heterocycles. The summed E-state index contributed by atoms with van der Waals surface area (Å²) in [4.78, 5) is 15.0. The minimum absolute atomic E-state index is 0.187. The average Bonchev–Trinajstić information content (AvgIpc) is 3.11. The SMILES string of the molecule is CC[C@@H]1CN([C@H]2C[C@@]3(C)[C@@H](CC[C@@H]4[C@@H]3CC[C@]3(C)[C@@H](C(C)=O)CC[C@@H]43)C[C@@H]2O)CCO1. The van der Waals surface area contributed by atoms with E-state index >= 15 is 0 Å². The Labute approximate surface area is 189 Å². The van der Waals surface area contributed by atoms with Crippen LogP contribution in [0.4, 0.5) is 0 Å². The van der Waals surface area contributed by atoms with Crippen LogP contribution in [-0.4, -0.2) is 53.7 Å². The van der Waals surface area contributed by atoms with E-state index in [2.05, 4.69) is 25.7 Å². The molecule has 0 radical (unpaired) electrons. The third-order valence-corrected chi connectivity index (χ3v) is 11.3. The largest absolute Gasteiger partial charge is 0.391 e. The first-order chi connectivity index (χ1) is 14.8. The van der Waals surface area contributed by atoms with Crippen molar-refractivity contribution in [2.75, 3.05) is 19.7 Å². The van der Waals surface area contributed by atoms with Crippen LogP contribution in [0.5, 0.6) is 0 Å². The van der Waals surface area contributed by atoms with Gasteiger partial charge in [0.1, 0.15) is 5.78 Å². The zero-order chi connectivity index (χ0) is 22.0. The fourth-order valence-electron chi connectivity index (χ4n) is 9.61. The minimum Gasteiger partial charge on any atom is -0.391 e. The van der Waals surface area contributed by atoms with Gasteiger partial charge < -0.3 is 9.84 Å². The smallest absolute Gasteiger partial charge is 0.133 e. The predicted octanol–water partition coefficient (Wildman–Crippen LogP) is 4.68. The van der Waals surface area contributed by atoms with Gasteiger partial charge in [-0.3, -0.25) is 9.69 Å². The number of aliphatic hydroxyl groups excluding tert-OH is 1. The molecule has 0 unspecified atom stereocenters.